The lowest BCUT2D eigenvalue weighted by Gasteiger charge is -2.29. The number of hydrogen-bond acceptors (Lipinski definition) is 3. The van der Waals surface area contributed by atoms with Crippen molar-refractivity contribution in [2.75, 3.05) is 19.7 Å². The number of carbonyl (C=O) groups excluding carboxylic acids is 1. The second kappa shape index (κ2) is 7.46. The second-order valence-electron chi connectivity index (χ2n) is 5.83. The average molecular weight is 291 g/mol. The molecule has 1 aliphatic heterocycles. The van der Waals surface area contributed by atoms with Crippen LogP contribution in [-0.2, 0) is 4.79 Å². The molecule has 1 amide bonds. The van der Waals surface area contributed by atoms with Gasteiger partial charge < -0.3 is 14.7 Å². The van der Waals surface area contributed by atoms with Gasteiger partial charge in [-0.3, -0.25) is 4.79 Å². The molecule has 0 bridgehead atoms. The number of likely N-dealkylation sites (tertiary alicyclic amines) is 1. The van der Waals surface area contributed by atoms with E-state index in [1.54, 1.807) is 0 Å². The van der Waals surface area contributed by atoms with E-state index in [4.69, 9.17) is 4.74 Å². The fraction of sp³-hybridized carbons (Fsp3) is 0.588. The maximum absolute atomic E-state index is 12.0. The van der Waals surface area contributed by atoms with Crippen molar-refractivity contribution in [1.29, 1.82) is 0 Å². The van der Waals surface area contributed by atoms with Crippen LogP contribution in [0.4, 0.5) is 0 Å². The van der Waals surface area contributed by atoms with Gasteiger partial charge in [-0.2, -0.15) is 0 Å². The molecule has 0 unspecified atom stereocenters. The lowest BCUT2D eigenvalue weighted by Crippen LogP contribution is -2.40. The Morgan fingerprint density at radius 3 is 2.71 bits per heavy atom. The maximum atomic E-state index is 12.0. The van der Waals surface area contributed by atoms with Gasteiger partial charge in [-0.25, -0.2) is 0 Å². The first-order valence-corrected chi connectivity index (χ1v) is 7.72. The molecule has 116 valence electrons. The molecule has 0 aliphatic carbocycles. The highest BCUT2D eigenvalue weighted by atomic mass is 16.5. The van der Waals surface area contributed by atoms with Gasteiger partial charge in [0.15, 0.2) is 0 Å². The van der Waals surface area contributed by atoms with Crippen molar-refractivity contribution in [2.45, 2.75) is 45.6 Å². The van der Waals surface area contributed by atoms with Gasteiger partial charge in [-0.05, 0) is 44.7 Å². The third kappa shape index (κ3) is 4.74. The van der Waals surface area contributed by atoms with E-state index >= 15 is 0 Å². The number of hydrogen-bond donors (Lipinski definition) is 1. The molecule has 0 spiro atoms. The Hall–Kier alpha value is -1.55. The SMILES string of the molecule is Cc1ccc(OCCCC(=O)N2CCC(O)CC2)c(C)c1. The summed E-state index contributed by atoms with van der Waals surface area (Å²) >= 11 is 0. The van der Waals surface area contributed by atoms with Gasteiger partial charge in [0.25, 0.3) is 0 Å². The third-order valence-electron chi connectivity index (χ3n) is 3.94. The quantitative estimate of drug-likeness (QED) is 0.848. The highest BCUT2D eigenvalue weighted by molar-refractivity contribution is 5.76. The van der Waals surface area contributed by atoms with Crippen LogP contribution in [0, 0.1) is 13.8 Å². The zero-order chi connectivity index (χ0) is 15.2. The Balaban J connectivity index is 1.68. The molecule has 2 rings (SSSR count). The number of aliphatic hydroxyl groups is 1. The standard InChI is InChI=1S/C17H25NO3/c1-13-5-6-16(14(2)12-13)21-11-3-4-17(20)18-9-7-15(19)8-10-18/h5-6,12,15,19H,3-4,7-11H2,1-2H3. The van der Waals surface area contributed by atoms with Crippen LogP contribution in [0.5, 0.6) is 5.75 Å². The first-order chi connectivity index (χ1) is 10.1. The number of ether oxygens (including phenoxy) is 1. The Morgan fingerprint density at radius 2 is 2.05 bits per heavy atom. The topological polar surface area (TPSA) is 49.8 Å². The van der Waals surface area contributed by atoms with E-state index in [9.17, 15) is 9.90 Å². The number of rotatable bonds is 5. The summed E-state index contributed by atoms with van der Waals surface area (Å²) in [4.78, 5) is 13.9. The lowest BCUT2D eigenvalue weighted by molar-refractivity contribution is -0.133. The van der Waals surface area contributed by atoms with E-state index in [2.05, 4.69) is 13.0 Å². The van der Waals surface area contributed by atoms with Crippen LogP contribution in [0.1, 0.15) is 36.8 Å². The smallest absolute Gasteiger partial charge is 0.222 e. The molecule has 0 saturated carbocycles. The average Bonchev–Trinajstić information content (AvgIpc) is 2.46. The molecule has 1 N–H and O–H groups in total. The van der Waals surface area contributed by atoms with E-state index < -0.39 is 0 Å². The molecule has 0 atom stereocenters. The molecule has 0 aromatic heterocycles. The summed E-state index contributed by atoms with van der Waals surface area (Å²) in [5, 5.41) is 9.44. The Labute approximate surface area is 126 Å². The first kappa shape index (κ1) is 15.8. The fourth-order valence-electron chi connectivity index (χ4n) is 2.64. The molecular weight excluding hydrogens is 266 g/mol. The van der Waals surface area contributed by atoms with Crippen molar-refractivity contribution < 1.29 is 14.6 Å². The molecule has 1 fully saturated rings. The molecule has 1 aliphatic rings. The number of aliphatic hydroxyl groups excluding tert-OH is 1. The highest BCUT2D eigenvalue weighted by Gasteiger charge is 2.20. The largest absolute Gasteiger partial charge is 0.493 e. The van der Waals surface area contributed by atoms with Gasteiger partial charge in [0, 0.05) is 19.5 Å². The van der Waals surface area contributed by atoms with Gasteiger partial charge >= 0.3 is 0 Å². The summed E-state index contributed by atoms with van der Waals surface area (Å²) < 4.78 is 5.74. The minimum atomic E-state index is -0.234. The van der Waals surface area contributed by atoms with Gasteiger partial charge in [0.05, 0.1) is 12.7 Å². The number of benzene rings is 1. The molecular formula is C17H25NO3. The van der Waals surface area contributed by atoms with Gasteiger partial charge in [-0.1, -0.05) is 17.7 Å². The van der Waals surface area contributed by atoms with Crippen LogP contribution in [-0.4, -0.2) is 41.7 Å². The predicted molar refractivity (Wildman–Crippen MR) is 82.5 cm³/mol. The first-order valence-electron chi connectivity index (χ1n) is 7.72. The zero-order valence-corrected chi connectivity index (χ0v) is 13.0. The minimum absolute atomic E-state index is 0.172. The molecule has 0 radical (unpaired) electrons. The van der Waals surface area contributed by atoms with Crippen LogP contribution in [0.15, 0.2) is 18.2 Å². The van der Waals surface area contributed by atoms with Crippen LogP contribution in [0.3, 0.4) is 0 Å². The van der Waals surface area contributed by atoms with Gasteiger partial charge in [-0.15, -0.1) is 0 Å². The van der Waals surface area contributed by atoms with Crippen molar-refractivity contribution in [1.82, 2.24) is 4.90 Å². The van der Waals surface area contributed by atoms with E-state index in [-0.39, 0.29) is 12.0 Å². The van der Waals surface area contributed by atoms with Crippen LogP contribution in [0.2, 0.25) is 0 Å². The number of amides is 1. The summed E-state index contributed by atoms with van der Waals surface area (Å²) in [6, 6.07) is 6.12. The van der Waals surface area contributed by atoms with Crippen LogP contribution in [0.25, 0.3) is 0 Å². The number of piperidine rings is 1. The molecule has 4 heteroatoms. The van der Waals surface area contributed by atoms with Crippen molar-refractivity contribution >= 4 is 5.91 Å². The number of aryl methyl sites for hydroxylation is 2. The summed E-state index contributed by atoms with van der Waals surface area (Å²) in [6.07, 6.45) is 2.41. The lowest BCUT2D eigenvalue weighted by atomic mass is 10.1. The third-order valence-corrected chi connectivity index (χ3v) is 3.94. The molecule has 1 aromatic rings. The summed E-state index contributed by atoms with van der Waals surface area (Å²) in [6.45, 7) is 6.01. The van der Waals surface area contributed by atoms with Crippen molar-refractivity contribution in [2.24, 2.45) is 0 Å². The summed E-state index contributed by atoms with van der Waals surface area (Å²) in [7, 11) is 0. The summed E-state index contributed by atoms with van der Waals surface area (Å²) in [5.41, 5.74) is 2.36. The Morgan fingerprint density at radius 1 is 1.33 bits per heavy atom. The van der Waals surface area contributed by atoms with Crippen molar-refractivity contribution in [3.05, 3.63) is 29.3 Å². The maximum Gasteiger partial charge on any atom is 0.222 e. The normalized spacial score (nSPS) is 16.0. The predicted octanol–water partition coefficient (Wildman–Crippen LogP) is 2.45. The van der Waals surface area contributed by atoms with Crippen LogP contribution < -0.4 is 4.74 Å². The van der Waals surface area contributed by atoms with E-state index in [0.29, 0.717) is 39.0 Å². The Bertz CT molecular complexity index is 479. The van der Waals surface area contributed by atoms with Crippen LogP contribution >= 0.6 is 0 Å². The number of nitrogens with zero attached hydrogens (tertiary/aromatic N) is 1. The molecule has 21 heavy (non-hydrogen) atoms. The highest BCUT2D eigenvalue weighted by Crippen LogP contribution is 2.19. The molecule has 1 heterocycles. The second-order valence-corrected chi connectivity index (χ2v) is 5.83. The van der Waals surface area contributed by atoms with E-state index in [1.807, 2.05) is 24.0 Å². The minimum Gasteiger partial charge on any atom is -0.493 e. The number of carbonyl (C=O) groups is 1. The summed E-state index contributed by atoms with van der Waals surface area (Å²) in [5.74, 6) is 1.07. The van der Waals surface area contributed by atoms with E-state index in [1.165, 1.54) is 5.56 Å². The van der Waals surface area contributed by atoms with Crippen molar-refractivity contribution in [3.8, 4) is 5.75 Å². The molecule has 4 nitrogen and oxygen atoms in total. The fourth-order valence-corrected chi connectivity index (χ4v) is 2.64. The Kier molecular flexibility index (Phi) is 5.62. The molecule has 1 aromatic carbocycles. The van der Waals surface area contributed by atoms with Gasteiger partial charge in [0.1, 0.15) is 5.75 Å². The zero-order valence-electron chi connectivity index (χ0n) is 13.0. The van der Waals surface area contributed by atoms with E-state index in [0.717, 1.165) is 17.7 Å². The van der Waals surface area contributed by atoms with Gasteiger partial charge in [0.2, 0.25) is 5.91 Å². The van der Waals surface area contributed by atoms with Crippen molar-refractivity contribution in [3.63, 3.8) is 0 Å². The molecule has 1 saturated heterocycles. The monoisotopic (exact) mass is 291 g/mol.